The van der Waals surface area contributed by atoms with Crippen molar-refractivity contribution < 1.29 is 13.2 Å². The van der Waals surface area contributed by atoms with Crippen LogP contribution in [0.4, 0.5) is 0 Å². The minimum atomic E-state index is -3.05. The lowest BCUT2D eigenvalue weighted by atomic mass is 9.89. The van der Waals surface area contributed by atoms with Gasteiger partial charge < -0.3 is 5.32 Å². The molecule has 1 N–H and O–H groups in total. The second-order valence-electron chi connectivity index (χ2n) is 7.38. The summed E-state index contributed by atoms with van der Waals surface area (Å²) >= 11 is 1.58. The van der Waals surface area contributed by atoms with E-state index in [0.717, 1.165) is 29.7 Å². The van der Waals surface area contributed by atoms with Crippen molar-refractivity contribution in [3.63, 3.8) is 0 Å². The average molecular weight is 396 g/mol. The van der Waals surface area contributed by atoms with Crippen LogP contribution >= 0.6 is 11.3 Å². The van der Waals surface area contributed by atoms with E-state index in [0.29, 0.717) is 17.7 Å². The van der Waals surface area contributed by atoms with Crippen LogP contribution in [0.25, 0.3) is 10.2 Å². The number of fused-ring (bicyclic) bond motifs is 3. The van der Waals surface area contributed by atoms with Crippen molar-refractivity contribution >= 4 is 37.3 Å². The number of carbonyl (C=O) groups is 1. The highest BCUT2D eigenvalue weighted by Crippen LogP contribution is 2.35. The predicted octanol–water partition coefficient (Wildman–Crippen LogP) is 0.886. The Morgan fingerprint density at radius 2 is 2.23 bits per heavy atom. The number of thiophene rings is 1. The second-order valence-corrected chi connectivity index (χ2v) is 10.7. The number of hydrogen-bond acceptors (Lipinski definition) is 6. The molecule has 9 heteroatoms. The Hall–Kier alpha value is -1.74. The number of hydrogen-bond donors (Lipinski definition) is 1. The summed E-state index contributed by atoms with van der Waals surface area (Å²) in [6.07, 6.45) is 4.76. The first-order valence-electron chi connectivity index (χ1n) is 8.82. The van der Waals surface area contributed by atoms with Crippen LogP contribution in [0.5, 0.6) is 0 Å². The quantitative estimate of drug-likeness (QED) is 0.832. The number of amides is 1. The molecule has 0 unspecified atom stereocenters. The minimum Gasteiger partial charge on any atom is -0.351 e. The Morgan fingerprint density at radius 3 is 2.96 bits per heavy atom. The van der Waals surface area contributed by atoms with E-state index in [4.69, 9.17) is 0 Å². The molecule has 1 saturated heterocycles. The molecular weight excluding hydrogens is 374 g/mol. The normalized spacial score (nSPS) is 24.5. The van der Waals surface area contributed by atoms with Crippen LogP contribution < -0.4 is 10.9 Å². The van der Waals surface area contributed by atoms with E-state index >= 15 is 0 Å². The van der Waals surface area contributed by atoms with Gasteiger partial charge in [-0.2, -0.15) is 0 Å². The summed E-state index contributed by atoms with van der Waals surface area (Å²) in [5.41, 5.74) is 0.911. The van der Waals surface area contributed by atoms with Crippen LogP contribution in [0.3, 0.4) is 0 Å². The van der Waals surface area contributed by atoms with Gasteiger partial charge >= 0.3 is 0 Å². The fourth-order valence-electron chi connectivity index (χ4n) is 3.82. The maximum Gasteiger partial charge on any atom is 0.262 e. The number of nitrogens with one attached hydrogen (secondary N) is 1. The Bertz CT molecular complexity index is 1040. The van der Waals surface area contributed by atoms with Crippen molar-refractivity contribution in [2.45, 2.75) is 45.2 Å². The van der Waals surface area contributed by atoms with Crippen LogP contribution in [0.15, 0.2) is 11.1 Å². The molecule has 7 nitrogen and oxygen atoms in total. The van der Waals surface area contributed by atoms with E-state index in [1.54, 1.807) is 11.3 Å². The molecule has 0 bridgehead atoms. The number of nitrogens with zero attached hydrogens (tertiary/aromatic N) is 2. The molecular formula is C17H21N3O4S2. The lowest BCUT2D eigenvalue weighted by molar-refractivity contribution is -0.122. The lowest BCUT2D eigenvalue weighted by Crippen LogP contribution is -2.39. The van der Waals surface area contributed by atoms with Gasteiger partial charge in [0.15, 0.2) is 9.84 Å². The van der Waals surface area contributed by atoms with Crippen molar-refractivity contribution in [2.75, 3.05) is 11.5 Å². The van der Waals surface area contributed by atoms with Gasteiger partial charge in [0, 0.05) is 10.9 Å². The van der Waals surface area contributed by atoms with E-state index in [1.807, 2.05) is 0 Å². The lowest BCUT2D eigenvalue weighted by Gasteiger charge is -2.17. The molecule has 0 spiro atoms. The molecule has 0 aromatic carbocycles. The maximum atomic E-state index is 12.9. The first-order valence-corrected chi connectivity index (χ1v) is 11.5. The summed E-state index contributed by atoms with van der Waals surface area (Å²) in [5, 5.41) is 3.37. The Labute approximate surface area is 155 Å². The van der Waals surface area contributed by atoms with Gasteiger partial charge in [-0.25, -0.2) is 13.4 Å². The average Bonchev–Trinajstić information content (AvgIpc) is 3.09. The number of sulfone groups is 1. The van der Waals surface area contributed by atoms with E-state index in [1.165, 1.54) is 15.8 Å². The molecule has 2 aliphatic rings. The van der Waals surface area contributed by atoms with E-state index < -0.39 is 9.84 Å². The standard InChI is InChI=1S/C17H21N3O4S2/c1-10-2-3-12-13(6-10)25-16-15(12)17(22)20(9-18-16)7-14(21)19-11-4-5-26(23,24)8-11/h9-11H,2-8H2,1H3,(H,19,21)/t10-,11+/m0/s1. The van der Waals surface area contributed by atoms with Crippen LogP contribution in [-0.2, 0) is 34.0 Å². The summed E-state index contributed by atoms with van der Waals surface area (Å²) in [6.45, 7) is 2.08. The molecule has 3 heterocycles. The molecule has 2 aromatic heterocycles. The van der Waals surface area contributed by atoms with Gasteiger partial charge in [0.1, 0.15) is 11.4 Å². The first-order chi connectivity index (χ1) is 12.3. The highest BCUT2D eigenvalue weighted by Gasteiger charge is 2.29. The SMILES string of the molecule is C[C@H]1CCc2c(sc3ncn(CC(=O)N[C@@H]4CCS(=O)(=O)C4)c(=O)c23)C1. The monoisotopic (exact) mass is 395 g/mol. The summed E-state index contributed by atoms with van der Waals surface area (Å²) < 4.78 is 24.3. The van der Waals surface area contributed by atoms with Crippen LogP contribution in [0.1, 0.15) is 30.2 Å². The number of carbonyl (C=O) groups excluding carboxylic acids is 1. The molecule has 1 fully saturated rings. The zero-order chi connectivity index (χ0) is 18.5. The Morgan fingerprint density at radius 1 is 1.42 bits per heavy atom. The van der Waals surface area contributed by atoms with E-state index in [9.17, 15) is 18.0 Å². The van der Waals surface area contributed by atoms with Gasteiger partial charge in [-0.3, -0.25) is 14.2 Å². The van der Waals surface area contributed by atoms with Gasteiger partial charge in [0.2, 0.25) is 5.91 Å². The molecule has 2 aromatic rings. The maximum absolute atomic E-state index is 12.9. The summed E-state index contributed by atoms with van der Waals surface area (Å²) in [6, 6.07) is -0.365. The molecule has 1 aliphatic heterocycles. The molecule has 2 atom stereocenters. The third-order valence-corrected chi connectivity index (χ3v) is 8.12. The van der Waals surface area contributed by atoms with Gasteiger partial charge in [-0.1, -0.05) is 6.92 Å². The molecule has 1 aliphatic carbocycles. The summed E-state index contributed by atoms with van der Waals surface area (Å²) in [5.74, 6) is 0.339. The Balaban J connectivity index is 1.56. The second kappa shape index (κ2) is 6.45. The summed E-state index contributed by atoms with van der Waals surface area (Å²) in [4.78, 5) is 31.5. The highest BCUT2D eigenvalue weighted by molar-refractivity contribution is 7.91. The molecule has 0 radical (unpaired) electrons. The predicted molar refractivity (Wildman–Crippen MR) is 100 cm³/mol. The first kappa shape index (κ1) is 17.7. The largest absolute Gasteiger partial charge is 0.351 e. The number of rotatable bonds is 3. The van der Waals surface area contributed by atoms with Crippen molar-refractivity contribution in [2.24, 2.45) is 5.92 Å². The zero-order valence-corrected chi connectivity index (χ0v) is 16.2. The molecule has 0 saturated carbocycles. The fourth-order valence-corrected chi connectivity index (χ4v) is 6.83. The van der Waals surface area contributed by atoms with Crippen LogP contribution in [-0.4, -0.2) is 41.4 Å². The van der Waals surface area contributed by atoms with Gasteiger partial charge in [0.05, 0.1) is 23.2 Å². The third-order valence-electron chi connectivity index (χ3n) is 5.19. The smallest absolute Gasteiger partial charge is 0.262 e. The zero-order valence-electron chi connectivity index (χ0n) is 14.5. The van der Waals surface area contributed by atoms with E-state index in [-0.39, 0.29) is 35.6 Å². The van der Waals surface area contributed by atoms with Gasteiger partial charge in [-0.15, -0.1) is 11.3 Å². The van der Waals surface area contributed by atoms with Crippen LogP contribution in [0.2, 0.25) is 0 Å². The highest BCUT2D eigenvalue weighted by atomic mass is 32.2. The van der Waals surface area contributed by atoms with Crippen molar-refractivity contribution in [3.8, 4) is 0 Å². The van der Waals surface area contributed by atoms with Crippen molar-refractivity contribution in [1.29, 1.82) is 0 Å². The topological polar surface area (TPSA) is 98.1 Å². The molecule has 4 rings (SSSR count). The molecule has 26 heavy (non-hydrogen) atoms. The number of aryl methyl sites for hydroxylation is 1. The van der Waals surface area contributed by atoms with E-state index in [2.05, 4.69) is 17.2 Å². The van der Waals surface area contributed by atoms with Crippen LogP contribution in [0, 0.1) is 5.92 Å². The minimum absolute atomic E-state index is 0.0266. The number of aromatic nitrogens is 2. The van der Waals surface area contributed by atoms with Gasteiger partial charge in [-0.05, 0) is 37.2 Å². The van der Waals surface area contributed by atoms with Crippen molar-refractivity contribution in [1.82, 2.24) is 14.9 Å². The van der Waals surface area contributed by atoms with Gasteiger partial charge in [0.25, 0.3) is 5.56 Å². The fraction of sp³-hybridized carbons (Fsp3) is 0.588. The molecule has 140 valence electrons. The van der Waals surface area contributed by atoms with Crippen molar-refractivity contribution in [3.05, 3.63) is 27.1 Å². The summed E-state index contributed by atoms with van der Waals surface area (Å²) in [7, 11) is -3.05. The molecule has 1 amide bonds. The Kier molecular flexibility index (Phi) is 4.38. The third kappa shape index (κ3) is 3.29.